The van der Waals surface area contributed by atoms with E-state index < -0.39 is 0 Å². The van der Waals surface area contributed by atoms with Crippen molar-refractivity contribution >= 4 is 0 Å². The monoisotopic (exact) mass is 281 g/mol. The molecule has 1 N–H and O–H groups in total. The zero-order valence-corrected chi connectivity index (χ0v) is 14.5. The van der Waals surface area contributed by atoms with Gasteiger partial charge < -0.3 is 9.80 Å². The minimum Gasteiger partial charge on any atom is -0.326 e. The van der Waals surface area contributed by atoms with Crippen molar-refractivity contribution in [2.75, 3.05) is 33.2 Å². The van der Waals surface area contributed by atoms with Gasteiger partial charge in [0.1, 0.15) is 0 Å². The molecule has 1 heterocycles. The van der Waals surface area contributed by atoms with Crippen molar-refractivity contribution in [2.45, 2.75) is 65.8 Å². The highest BCUT2D eigenvalue weighted by Gasteiger charge is 2.48. The van der Waals surface area contributed by atoms with Gasteiger partial charge >= 0.3 is 0 Å². The van der Waals surface area contributed by atoms with Gasteiger partial charge in [-0.25, -0.2) is 0 Å². The van der Waals surface area contributed by atoms with Crippen molar-refractivity contribution in [3.05, 3.63) is 0 Å². The van der Waals surface area contributed by atoms with E-state index in [1.165, 1.54) is 62.8 Å². The number of likely N-dealkylation sites (tertiary alicyclic amines) is 1. The van der Waals surface area contributed by atoms with E-state index in [0.29, 0.717) is 6.04 Å². The second-order valence-electron chi connectivity index (χ2n) is 8.81. The molecule has 0 aromatic carbocycles. The Morgan fingerprint density at radius 3 is 2.20 bits per heavy atom. The first-order chi connectivity index (χ1) is 9.33. The fraction of sp³-hybridized carbons (Fsp3) is 1.00. The van der Waals surface area contributed by atoms with Crippen molar-refractivity contribution in [1.82, 2.24) is 5.32 Å². The topological polar surface area (TPSA) is 12.0 Å². The van der Waals surface area contributed by atoms with E-state index in [2.05, 4.69) is 40.1 Å². The van der Waals surface area contributed by atoms with Gasteiger partial charge in [-0.1, -0.05) is 27.7 Å². The molecular weight excluding hydrogens is 244 g/mol. The quantitative estimate of drug-likeness (QED) is 0.733. The van der Waals surface area contributed by atoms with Crippen molar-refractivity contribution in [2.24, 2.45) is 17.3 Å². The average Bonchev–Trinajstić information content (AvgIpc) is 2.34. The fourth-order valence-corrected chi connectivity index (χ4v) is 4.16. The first-order valence-corrected chi connectivity index (χ1v) is 8.89. The molecule has 0 amide bonds. The van der Waals surface area contributed by atoms with Crippen LogP contribution in [0.25, 0.3) is 0 Å². The van der Waals surface area contributed by atoms with Crippen molar-refractivity contribution < 1.29 is 4.48 Å². The van der Waals surface area contributed by atoms with Crippen LogP contribution in [0.1, 0.15) is 59.8 Å². The van der Waals surface area contributed by atoms with Crippen LogP contribution in [0.2, 0.25) is 0 Å². The lowest BCUT2D eigenvalue weighted by Gasteiger charge is -2.54. The van der Waals surface area contributed by atoms with E-state index in [1.54, 1.807) is 0 Å². The molecule has 1 saturated heterocycles. The molecule has 0 aromatic heterocycles. The second kappa shape index (κ2) is 6.36. The van der Waals surface area contributed by atoms with Crippen LogP contribution >= 0.6 is 0 Å². The molecule has 2 fully saturated rings. The molecule has 1 spiro atoms. The Labute approximate surface area is 126 Å². The van der Waals surface area contributed by atoms with Crippen molar-refractivity contribution in [3.8, 4) is 0 Å². The number of nitrogens with one attached hydrogen (secondary N) is 1. The lowest BCUT2D eigenvalue weighted by molar-refractivity contribution is -0.917. The van der Waals surface area contributed by atoms with E-state index in [9.17, 15) is 0 Å². The Kier molecular flexibility index (Phi) is 5.18. The summed E-state index contributed by atoms with van der Waals surface area (Å²) in [6, 6.07) is 0.647. The summed E-state index contributed by atoms with van der Waals surface area (Å²) in [6.07, 6.45) is 7.36. The lowest BCUT2D eigenvalue weighted by Crippen LogP contribution is -2.57. The predicted octanol–water partition coefficient (Wildman–Crippen LogP) is 3.67. The first-order valence-electron chi connectivity index (χ1n) is 8.89. The van der Waals surface area contributed by atoms with Crippen LogP contribution in [-0.4, -0.2) is 43.8 Å². The van der Waals surface area contributed by atoms with E-state index >= 15 is 0 Å². The molecule has 2 aliphatic rings. The fourth-order valence-electron chi connectivity index (χ4n) is 4.16. The van der Waals surface area contributed by atoms with Crippen LogP contribution in [0.4, 0.5) is 0 Å². The van der Waals surface area contributed by atoms with Crippen LogP contribution < -0.4 is 5.32 Å². The summed E-state index contributed by atoms with van der Waals surface area (Å²) in [5.74, 6) is 1.82. The number of rotatable bonds is 6. The molecule has 0 radical (unpaired) electrons. The molecule has 0 unspecified atom stereocenters. The smallest absolute Gasteiger partial charge is 0.0789 e. The summed E-state index contributed by atoms with van der Waals surface area (Å²) in [4.78, 5) is 0. The molecule has 1 aliphatic carbocycles. The van der Waals surface area contributed by atoms with E-state index in [4.69, 9.17) is 0 Å². The second-order valence-corrected chi connectivity index (χ2v) is 8.81. The molecule has 2 nitrogen and oxygen atoms in total. The molecule has 2 heteroatoms. The predicted molar refractivity (Wildman–Crippen MR) is 87.8 cm³/mol. The summed E-state index contributed by atoms with van der Waals surface area (Å²) in [7, 11) is 2.49. The van der Waals surface area contributed by atoms with Gasteiger partial charge in [-0.3, -0.25) is 0 Å². The third kappa shape index (κ3) is 4.21. The van der Waals surface area contributed by atoms with Gasteiger partial charge in [0.25, 0.3) is 0 Å². The Bertz CT molecular complexity index is 293. The molecule has 20 heavy (non-hydrogen) atoms. The standard InChI is InChI=1S/C18H37N2/c1-15(2)6-9-20(5)10-7-18(8-11-20)12-17(13-18)14-19-16(3)4/h15-17,19H,6-14H2,1-5H3/q+1. The van der Waals surface area contributed by atoms with Crippen LogP contribution in [0.5, 0.6) is 0 Å². The largest absolute Gasteiger partial charge is 0.326 e. The first kappa shape index (κ1) is 16.3. The van der Waals surface area contributed by atoms with Gasteiger partial charge in [-0.15, -0.1) is 0 Å². The van der Waals surface area contributed by atoms with Crippen LogP contribution in [-0.2, 0) is 0 Å². The maximum atomic E-state index is 3.61. The van der Waals surface area contributed by atoms with E-state index in [0.717, 1.165) is 17.3 Å². The number of quaternary nitrogens is 1. The molecule has 0 aromatic rings. The summed E-state index contributed by atoms with van der Waals surface area (Å²) >= 11 is 0. The SMILES string of the molecule is CC(C)CC[N+]1(C)CCC2(CC1)CC(CNC(C)C)C2. The Morgan fingerprint density at radius 2 is 1.70 bits per heavy atom. The molecule has 0 bridgehead atoms. The summed E-state index contributed by atoms with van der Waals surface area (Å²) < 4.78 is 1.34. The molecule has 118 valence electrons. The number of hydrogen-bond donors (Lipinski definition) is 1. The Hall–Kier alpha value is -0.0800. The van der Waals surface area contributed by atoms with Crippen molar-refractivity contribution in [3.63, 3.8) is 0 Å². The van der Waals surface area contributed by atoms with Crippen LogP contribution in [0.3, 0.4) is 0 Å². The van der Waals surface area contributed by atoms with Crippen molar-refractivity contribution in [1.29, 1.82) is 0 Å². The molecule has 1 aliphatic heterocycles. The summed E-state index contributed by atoms with van der Waals surface area (Å²) in [5, 5.41) is 3.61. The molecule has 2 rings (SSSR count). The molecular formula is C18H37N2+. The lowest BCUT2D eigenvalue weighted by atomic mass is 9.57. The average molecular weight is 282 g/mol. The zero-order valence-electron chi connectivity index (χ0n) is 14.5. The minimum atomic E-state index is 0.647. The summed E-state index contributed by atoms with van der Waals surface area (Å²) in [6.45, 7) is 14.7. The molecule has 0 atom stereocenters. The minimum absolute atomic E-state index is 0.647. The van der Waals surface area contributed by atoms with Gasteiger partial charge in [0, 0.05) is 18.9 Å². The van der Waals surface area contributed by atoms with E-state index in [-0.39, 0.29) is 0 Å². The highest BCUT2D eigenvalue weighted by Crippen LogP contribution is 2.53. The van der Waals surface area contributed by atoms with Gasteiger partial charge in [0.2, 0.25) is 0 Å². The maximum Gasteiger partial charge on any atom is 0.0789 e. The van der Waals surface area contributed by atoms with Crippen LogP contribution in [0.15, 0.2) is 0 Å². The van der Waals surface area contributed by atoms with E-state index in [1.807, 2.05) is 0 Å². The van der Waals surface area contributed by atoms with Gasteiger partial charge in [-0.2, -0.15) is 0 Å². The van der Waals surface area contributed by atoms with Gasteiger partial charge in [-0.05, 0) is 43.1 Å². The van der Waals surface area contributed by atoms with Gasteiger partial charge in [0.05, 0.1) is 26.7 Å². The number of nitrogens with zero attached hydrogens (tertiary/aromatic N) is 1. The van der Waals surface area contributed by atoms with Gasteiger partial charge in [0.15, 0.2) is 0 Å². The third-order valence-corrected chi connectivity index (χ3v) is 5.87. The highest BCUT2D eigenvalue weighted by atomic mass is 15.3. The normalized spacial score (nSPS) is 37.6. The highest BCUT2D eigenvalue weighted by molar-refractivity contribution is 4.95. The maximum absolute atomic E-state index is 3.61. The summed E-state index contributed by atoms with van der Waals surface area (Å²) in [5.41, 5.74) is 0.749. The van der Waals surface area contributed by atoms with Crippen LogP contribution in [0, 0.1) is 17.3 Å². The number of hydrogen-bond acceptors (Lipinski definition) is 1. The molecule has 1 saturated carbocycles. The number of piperidine rings is 1. The third-order valence-electron chi connectivity index (χ3n) is 5.87. The zero-order chi connectivity index (χ0) is 14.8. The Balaban J connectivity index is 1.70. The Morgan fingerprint density at radius 1 is 1.10 bits per heavy atom.